The Morgan fingerprint density at radius 2 is 2.08 bits per heavy atom. The number of alkyl halides is 3. The summed E-state index contributed by atoms with van der Waals surface area (Å²) in [6.07, 6.45) is -4.09. The van der Waals surface area contributed by atoms with Crippen LogP contribution in [0.25, 0.3) is 0 Å². The zero-order chi connectivity index (χ0) is 18.0. The van der Waals surface area contributed by atoms with Gasteiger partial charge in [0.1, 0.15) is 11.9 Å². The zero-order valence-corrected chi connectivity index (χ0v) is 13.5. The fourth-order valence-electron chi connectivity index (χ4n) is 2.46. The number of carbonyl (C=O) groups excluding carboxylic acids is 1. The summed E-state index contributed by atoms with van der Waals surface area (Å²) in [7, 11) is 0. The Hall–Kier alpha value is -2.68. The first-order valence-corrected chi connectivity index (χ1v) is 8.06. The molecular weight excluding hydrogens is 357 g/mol. The summed E-state index contributed by atoms with van der Waals surface area (Å²) in [6, 6.07) is 9.02. The maximum atomic E-state index is 12.4. The van der Waals surface area contributed by atoms with Crippen LogP contribution in [0.3, 0.4) is 0 Å². The molecule has 0 fully saturated rings. The molecule has 132 valence electrons. The number of amides is 1. The van der Waals surface area contributed by atoms with Crippen LogP contribution < -0.4 is 10.1 Å². The Morgan fingerprint density at radius 1 is 1.28 bits per heavy atom. The van der Waals surface area contributed by atoms with Gasteiger partial charge in [-0.3, -0.25) is 4.79 Å². The number of benzene rings is 1. The number of nitrogens with zero attached hydrogens (tertiary/aromatic N) is 1. The molecule has 0 bridgehead atoms. The number of nitrogens with one attached hydrogen (secondary N) is 1. The molecule has 1 aromatic carbocycles. The lowest BCUT2D eigenvalue weighted by Gasteiger charge is -2.34. The van der Waals surface area contributed by atoms with Crippen LogP contribution in [0.15, 0.2) is 53.7 Å². The number of ether oxygens (including phenoxy) is 1. The summed E-state index contributed by atoms with van der Waals surface area (Å²) < 4.78 is 41.0. The molecule has 25 heavy (non-hydrogen) atoms. The van der Waals surface area contributed by atoms with Crippen molar-refractivity contribution in [2.75, 3.05) is 0 Å². The highest BCUT2D eigenvalue weighted by atomic mass is 32.1. The van der Waals surface area contributed by atoms with Crippen molar-refractivity contribution in [3.63, 3.8) is 0 Å². The van der Waals surface area contributed by atoms with Crippen molar-refractivity contribution < 1.29 is 27.8 Å². The first-order chi connectivity index (χ1) is 11.8. The van der Waals surface area contributed by atoms with E-state index in [2.05, 4.69) is 10.1 Å². The van der Waals surface area contributed by atoms with E-state index >= 15 is 0 Å². The minimum atomic E-state index is -4.79. The average molecular weight is 370 g/mol. The quantitative estimate of drug-likeness (QED) is 0.862. The van der Waals surface area contributed by atoms with Crippen LogP contribution in [0.1, 0.15) is 16.6 Å². The van der Waals surface area contributed by atoms with E-state index in [-0.39, 0.29) is 12.3 Å². The number of aliphatic hydroxyl groups excluding tert-OH is 1. The molecule has 2 heterocycles. The van der Waals surface area contributed by atoms with E-state index in [4.69, 9.17) is 0 Å². The number of thiophene rings is 1. The van der Waals surface area contributed by atoms with Crippen LogP contribution in [0, 0.1) is 0 Å². The Labute approximate surface area is 144 Å². The third-order valence-corrected chi connectivity index (χ3v) is 4.39. The molecule has 2 aromatic rings. The number of hydrogen-bond acceptors (Lipinski definition) is 5. The lowest BCUT2D eigenvalue weighted by Crippen LogP contribution is -2.44. The maximum Gasteiger partial charge on any atom is 0.573 e. The van der Waals surface area contributed by atoms with Crippen molar-refractivity contribution in [2.45, 2.75) is 19.1 Å². The van der Waals surface area contributed by atoms with Crippen molar-refractivity contribution in [2.24, 2.45) is 0 Å². The van der Waals surface area contributed by atoms with Gasteiger partial charge in [-0.25, -0.2) is 0 Å². The van der Waals surface area contributed by atoms with E-state index in [0.29, 0.717) is 5.56 Å². The van der Waals surface area contributed by atoms with E-state index in [1.165, 1.54) is 40.6 Å². The van der Waals surface area contributed by atoms with Gasteiger partial charge in [0.25, 0.3) is 5.91 Å². The summed E-state index contributed by atoms with van der Waals surface area (Å²) in [5.74, 6) is -1.44. The molecule has 3 rings (SSSR count). The first-order valence-electron chi connectivity index (χ1n) is 7.18. The standard InChI is InChI=1S/C16H13F3N2O3S/c17-16(18,19)24-11-4-1-3-10(7-11)9-21-14(13-5-2-6-25-13)20-8-12(22)15(21)23/h1-8,14,20,22H,9H2. The van der Waals surface area contributed by atoms with Gasteiger partial charge in [0.05, 0.1) is 0 Å². The average Bonchev–Trinajstić information content (AvgIpc) is 3.05. The van der Waals surface area contributed by atoms with E-state index in [9.17, 15) is 23.1 Å². The highest BCUT2D eigenvalue weighted by Gasteiger charge is 2.33. The molecule has 0 aliphatic carbocycles. The van der Waals surface area contributed by atoms with Gasteiger partial charge in [0, 0.05) is 17.6 Å². The minimum Gasteiger partial charge on any atom is -0.502 e. The van der Waals surface area contributed by atoms with Crippen LogP contribution in [0.2, 0.25) is 0 Å². The topological polar surface area (TPSA) is 61.8 Å². The predicted octanol–water partition coefficient (Wildman–Crippen LogP) is 3.68. The third kappa shape index (κ3) is 4.05. The summed E-state index contributed by atoms with van der Waals surface area (Å²) in [5.41, 5.74) is 0.438. The molecule has 0 radical (unpaired) electrons. The lowest BCUT2D eigenvalue weighted by molar-refractivity contribution is -0.274. The van der Waals surface area contributed by atoms with Gasteiger partial charge in [0.2, 0.25) is 0 Å². The first kappa shape index (κ1) is 17.2. The summed E-state index contributed by atoms with van der Waals surface area (Å²) >= 11 is 1.42. The highest BCUT2D eigenvalue weighted by Crippen LogP contribution is 2.29. The largest absolute Gasteiger partial charge is 0.573 e. The van der Waals surface area contributed by atoms with Crippen LogP contribution in [-0.4, -0.2) is 22.3 Å². The third-order valence-electron chi connectivity index (χ3n) is 3.47. The molecule has 5 nitrogen and oxygen atoms in total. The maximum absolute atomic E-state index is 12.4. The Bertz CT molecular complexity index is 790. The molecule has 0 saturated carbocycles. The summed E-state index contributed by atoms with van der Waals surface area (Å²) in [5, 5.41) is 14.4. The monoisotopic (exact) mass is 370 g/mol. The van der Waals surface area contributed by atoms with Gasteiger partial charge >= 0.3 is 6.36 Å². The fourth-order valence-corrected chi connectivity index (χ4v) is 3.25. The number of aliphatic hydroxyl groups is 1. The second kappa shape index (κ2) is 6.67. The van der Waals surface area contributed by atoms with Gasteiger partial charge < -0.3 is 20.1 Å². The van der Waals surface area contributed by atoms with Gasteiger partial charge in [-0.2, -0.15) is 0 Å². The zero-order valence-electron chi connectivity index (χ0n) is 12.7. The molecule has 1 aliphatic heterocycles. The number of rotatable bonds is 4. The van der Waals surface area contributed by atoms with E-state index in [0.717, 1.165) is 4.88 Å². The molecular formula is C16H13F3N2O3S. The van der Waals surface area contributed by atoms with Gasteiger partial charge in [0.15, 0.2) is 5.76 Å². The van der Waals surface area contributed by atoms with Crippen molar-refractivity contribution in [1.82, 2.24) is 10.2 Å². The van der Waals surface area contributed by atoms with E-state index in [1.54, 1.807) is 6.07 Å². The Morgan fingerprint density at radius 3 is 2.76 bits per heavy atom. The molecule has 0 saturated heterocycles. The highest BCUT2D eigenvalue weighted by molar-refractivity contribution is 7.10. The number of hydrogen-bond donors (Lipinski definition) is 2. The van der Waals surface area contributed by atoms with Crippen molar-refractivity contribution in [1.29, 1.82) is 0 Å². The van der Waals surface area contributed by atoms with Crippen molar-refractivity contribution in [3.05, 3.63) is 64.2 Å². The van der Waals surface area contributed by atoms with Crippen LogP contribution in [0.5, 0.6) is 5.75 Å². The predicted molar refractivity (Wildman–Crippen MR) is 84.6 cm³/mol. The van der Waals surface area contributed by atoms with E-state index < -0.39 is 24.2 Å². The van der Waals surface area contributed by atoms with Gasteiger partial charge in [-0.1, -0.05) is 18.2 Å². The lowest BCUT2D eigenvalue weighted by atomic mass is 10.1. The van der Waals surface area contributed by atoms with Crippen LogP contribution in [-0.2, 0) is 11.3 Å². The molecule has 1 amide bonds. The number of carbonyl (C=O) groups is 1. The fraction of sp³-hybridized carbons (Fsp3) is 0.188. The van der Waals surface area contributed by atoms with Crippen molar-refractivity contribution >= 4 is 17.2 Å². The van der Waals surface area contributed by atoms with Crippen molar-refractivity contribution in [3.8, 4) is 5.75 Å². The summed E-state index contributed by atoms with van der Waals surface area (Å²) in [4.78, 5) is 14.5. The van der Waals surface area contributed by atoms with Gasteiger partial charge in [-0.15, -0.1) is 24.5 Å². The normalized spacial score (nSPS) is 17.9. The minimum absolute atomic E-state index is 0.00135. The van der Waals surface area contributed by atoms with Gasteiger partial charge in [-0.05, 0) is 29.1 Å². The molecule has 9 heteroatoms. The van der Waals surface area contributed by atoms with Crippen LogP contribution >= 0.6 is 11.3 Å². The summed E-state index contributed by atoms with van der Waals surface area (Å²) in [6.45, 7) is 0.00135. The number of halogens is 3. The SMILES string of the molecule is O=C1C(O)=CNC(c2cccs2)N1Cc1cccc(OC(F)(F)F)c1. The second-order valence-electron chi connectivity index (χ2n) is 5.24. The molecule has 1 aliphatic rings. The molecule has 0 spiro atoms. The molecule has 2 N–H and O–H groups in total. The Kier molecular flexibility index (Phi) is 4.58. The molecule has 1 unspecified atom stereocenters. The molecule has 1 atom stereocenters. The smallest absolute Gasteiger partial charge is 0.502 e. The Balaban J connectivity index is 1.85. The van der Waals surface area contributed by atoms with Crippen LogP contribution in [0.4, 0.5) is 13.2 Å². The molecule has 1 aromatic heterocycles. The van der Waals surface area contributed by atoms with E-state index in [1.807, 2.05) is 17.5 Å². The second-order valence-corrected chi connectivity index (χ2v) is 6.22.